The van der Waals surface area contributed by atoms with Crippen LogP contribution in [0.1, 0.15) is 11.3 Å². The molecule has 0 saturated carbocycles. The van der Waals surface area contributed by atoms with Crippen LogP contribution in [0.5, 0.6) is 0 Å². The number of fused-ring (bicyclic) bond motifs is 2. The van der Waals surface area contributed by atoms with E-state index >= 15 is 0 Å². The Morgan fingerprint density at radius 1 is 1.04 bits per heavy atom. The summed E-state index contributed by atoms with van der Waals surface area (Å²) in [6, 6.07) is 18.5. The second-order valence-corrected chi connectivity index (χ2v) is 5.71. The minimum absolute atomic E-state index is 0.942. The van der Waals surface area contributed by atoms with E-state index in [1.165, 1.54) is 22.2 Å². The molecule has 2 heterocycles. The van der Waals surface area contributed by atoms with E-state index in [1.807, 2.05) is 30.6 Å². The summed E-state index contributed by atoms with van der Waals surface area (Å²) in [6.45, 7) is 2.13. The first-order valence-corrected chi connectivity index (χ1v) is 7.67. The third kappa shape index (κ3) is 2.30. The predicted octanol–water partition coefficient (Wildman–Crippen LogP) is 4.79. The third-order valence-electron chi connectivity index (χ3n) is 4.38. The lowest BCUT2D eigenvalue weighted by Gasteiger charge is -1.99. The number of aromatic nitrogens is 2. The SMILES string of the molecule is Cc1c(C=Nc2ccc3ncccc3c2)c2ccccc2n1C. The summed E-state index contributed by atoms with van der Waals surface area (Å²) >= 11 is 0. The molecule has 0 unspecified atom stereocenters. The van der Waals surface area contributed by atoms with Gasteiger partial charge in [0.15, 0.2) is 0 Å². The number of nitrogens with zero attached hydrogens (tertiary/aromatic N) is 3. The molecule has 4 aromatic rings. The number of hydrogen-bond acceptors (Lipinski definition) is 2. The van der Waals surface area contributed by atoms with Crippen LogP contribution in [0.2, 0.25) is 0 Å². The molecule has 2 aromatic carbocycles. The lowest BCUT2D eigenvalue weighted by Crippen LogP contribution is -1.91. The Hall–Kier alpha value is -2.94. The zero-order chi connectivity index (χ0) is 15.8. The second kappa shape index (κ2) is 5.36. The van der Waals surface area contributed by atoms with Crippen molar-refractivity contribution in [2.75, 3.05) is 0 Å². The van der Waals surface area contributed by atoms with Crippen LogP contribution >= 0.6 is 0 Å². The molecule has 0 aliphatic rings. The average molecular weight is 299 g/mol. The number of para-hydroxylation sites is 1. The zero-order valence-corrected chi connectivity index (χ0v) is 13.2. The number of hydrogen-bond donors (Lipinski definition) is 0. The van der Waals surface area contributed by atoms with Crippen molar-refractivity contribution in [1.82, 2.24) is 9.55 Å². The first kappa shape index (κ1) is 13.7. The van der Waals surface area contributed by atoms with Crippen LogP contribution in [0.4, 0.5) is 5.69 Å². The molecule has 0 aliphatic heterocycles. The smallest absolute Gasteiger partial charge is 0.0703 e. The molecule has 0 spiro atoms. The zero-order valence-electron chi connectivity index (χ0n) is 13.2. The van der Waals surface area contributed by atoms with Gasteiger partial charge in [0.25, 0.3) is 0 Å². The summed E-state index contributed by atoms with van der Waals surface area (Å²) in [5.74, 6) is 0. The molecule has 23 heavy (non-hydrogen) atoms. The van der Waals surface area contributed by atoms with E-state index in [-0.39, 0.29) is 0 Å². The van der Waals surface area contributed by atoms with Gasteiger partial charge in [-0.2, -0.15) is 0 Å². The summed E-state index contributed by atoms with van der Waals surface area (Å²) in [7, 11) is 2.09. The highest BCUT2D eigenvalue weighted by atomic mass is 14.9. The van der Waals surface area contributed by atoms with Crippen LogP contribution in [0.25, 0.3) is 21.8 Å². The molecule has 3 nitrogen and oxygen atoms in total. The minimum atomic E-state index is 0.942. The van der Waals surface area contributed by atoms with Gasteiger partial charge in [-0.3, -0.25) is 9.98 Å². The molecule has 0 amide bonds. The molecule has 0 fully saturated rings. The van der Waals surface area contributed by atoms with E-state index in [9.17, 15) is 0 Å². The largest absolute Gasteiger partial charge is 0.347 e. The van der Waals surface area contributed by atoms with Crippen molar-refractivity contribution < 1.29 is 0 Å². The molecule has 0 N–H and O–H groups in total. The fraction of sp³-hybridized carbons (Fsp3) is 0.100. The molecule has 0 bridgehead atoms. The van der Waals surface area contributed by atoms with Gasteiger partial charge in [-0.05, 0) is 37.3 Å². The van der Waals surface area contributed by atoms with E-state index in [1.54, 1.807) is 0 Å². The maximum Gasteiger partial charge on any atom is 0.0703 e. The van der Waals surface area contributed by atoms with Crippen molar-refractivity contribution in [2.24, 2.45) is 12.0 Å². The van der Waals surface area contributed by atoms with Crippen LogP contribution in [0.3, 0.4) is 0 Å². The molecule has 0 saturated heterocycles. The summed E-state index contributed by atoms with van der Waals surface area (Å²) < 4.78 is 2.21. The lowest BCUT2D eigenvalue weighted by atomic mass is 10.1. The number of aryl methyl sites for hydroxylation is 1. The highest BCUT2D eigenvalue weighted by Gasteiger charge is 2.09. The molecule has 112 valence electrons. The average Bonchev–Trinajstić information content (AvgIpc) is 2.84. The minimum Gasteiger partial charge on any atom is -0.347 e. The molecular formula is C20H17N3. The van der Waals surface area contributed by atoms with Gasteiger partial charge in [-0.25, -0.2) is 0 Å². The van der Waals surface area contributed by atoms with Gasteiger partial charge in [-0.1, -0.05) is 24.3 Å². The normalized spacial score (nSPS) is 11.7. The molecular weight excluding hydrogens is 282 g/mol. The third-order valence-corrected chi connectivity index (χ3v) is 4.38. The Labute approximate surface area is 134 Å². The summed E-state index contributed by atoms with van der Waals surface area (Å²) in [6.07, 6.45) is 3.78. The van der Waals surface area contributed by atoms with Crippen LogP contribution in [0, 0.1) is 6.92 Å². The van der Waals surface area contributed by atoms with E-state index in [4.69, 9.17) is 0 Å². The van der Waals surface area contributed by atoms with Crippen LogP contribution in [-0.2, 0) is 7.05 Å². The first-order valence-electron chi connectivity index (χ1n) is 7.67. The number of benzene rings is 2. The lowest BCUT2D eigenvalue weighted by molar-refractivity contribution is 0.917. The van der Waals surface area contributed by atoms with Gasteiger partial charge in [0.05, 0.1) is 11.2 Å². The van der Waals surface area contributed by atoms with Gasteiger partial charge in [0.1, 0.15) is 0 Å². The summed E-state index contributed by atoms with van der Waals surface area (Å²) in [4.78, 5) is 9.03. The van der Waals surface area contributed by atoms with Crippen molar-refractivity contribution in [3.05, 3.63) is 72.1 Å². The van der Waals surface area contributed by atoms with Crippen molar-refractivity contribution in [3.63, 3.8) is 0 Å². The molecule has 2 aromatic heterocycles. The highest BCUT2D eigenvalue weighted by Crippen LogP contribution is 2.25. The second-order valence-electron chi connectivity index (χ2n) is 5.71. The van der Waals surface area contributed by atoms with Crippen LogP contribution in [0.15, 0.2) is 65.8 Å². The fourth-order valence-electron chi connectivity index (χ4n) is 3.00. The van der Waals surface area contributed by atoms with Crippen molar-refractivity contribution >= 4 is 33.7 Å². The van der Waals surface area contributed by atoms with Crippen molar-refractivity contribution in [2.45, 2.75) is 6.92 Å². The molecule has 0 radical (unpaired) electrons. The molecule has 3 heteroatoms. The number of aliphatic imine (C=N–C) groups is 1. The van der Waals surface area contributed by atoms with Gasteiger partial charge in [0, 0.05) is 47.0 Å². The predicted molar refractivity (Wildman–Crippen MR) is 96.7 cm³/mol. The Morgan fingerprint density at radius 3 is 2.83 bits per heavy atom. The maximum absolute atomic E-state index is 4.68. The summed E-state index contributed by atoms with van der Waals surface area (Å²) in [5.41, 5.74) is 5.56. The van der Waals surface area contributed by atoms with Gasteiger partial charge in [-0.15, -0.1) is 0 Å². The Morgan fingerprint density at radius 2 is 1.91 bits per heavy atom. The van der Waals surface area contributed by atoms with Gasteiger partial charge >= 0.3 is 0 Å². The maximum atomic E-state index is 4.68. The van der Waals surface area contributed by atoms with Crippen LogP contribution in [-0.4, -0.2) is 15.8 Å². The van der Waals surface area contributed by atoms with Crippen molar-refractivity contribution in [3.8, 4) is 0 Å². The van der Waals surface area contributed by atoms with Gasteiger partial charge < -0.3 is 4.57 Å². The molecule has 4 rings (SSSR count). The number of rotatable bonds is 2. The molecule has 0 aliphatic carbocycles. The topological polar surface area (TPSA) is 30.2 Å². The monoisotopic (exact) mass is 299 g/mol. The Balaban J connectivity index is 1.80. The van der Waals surface area contributed by atoms with E-state index in [0.717, 1.165) is 16.6 Å². The fourth-order valence-corrected chi connectivity index (χ4v) is 3.00. The van der Waals surface area contributed by atoms with Crippen molar-refractivity contribution in [1.29, 1.82) is 0 Å². The van der Waals surface area contributed by atoms with E-state index in [0.29, 0.717) is 0 Å². The Kier molecular flexibility index (Phi) is 3.19. The highest BCUT2D eigenvalue weighted by molar-refractivity contribution is 6.02. The van der Waals surface area contributed by atoms with Crippen LogP contribution < -0.4 is 0 Å². The first-order chi connectivity index (χ1) is 11.2. The van der Waals surface area contributed by atoms with E-state index in [2.05, 4.69) is 64.9 Å². The van der Waals surface area contributed by atoms with Gasteiger partial charge in [0.2, 0.25) is 0 Å². The number of pyridine rings is 1. The standard InChI is InChI=1S/C20H17N3/c1-14-18(17-7-3-4-8-20(17)23(14)2)13-22-16-9-10-19-15(12-16)6-5-11-21-19/h3-13H,1-2H3. The van der Waals surface area contributed by atoms with E-state index < -0.39 is 0 Å². The quantitative estimate of drug-likeness (QED) is 0.490. The summed E-state index contributed by atoms with van der Waals surface area (Å²) in [5, 5.41) is 2.34. The Bertz CT molecular complexity index is 1040. The molecule has 0 atom stereocenters.